The van der Waals surface area contributed by atoms with E-state index in [1.807, 2.05) is 13.1 Å². The van der Waals surface area contributed by atoms with Crippen LogP contribution in [-0.4, -0.2) is 27.0 Å². The molecule has 0 radical (unpaired) electrons. The van der Waals surface area contributed by atoms with Crippen molar-refractivity contribution in [3.63, 3.8) is 0 Å². The van der Waals surface area contributed by atoms with E-state index in [9.17, 15) is 5.11 Å². The van der Waals surface area contributed by atoms with Crippen molar-refractivity contribution in [2.24, 2.45) is 0 Å². The third-order valence-corrected chi connectivity index (χ3v) is 2.62. The lowest BCUT2D eigenvalue weighted by Crippen LogP contribution is -2.02. The van der Waals surface area contributed by atoms with E-state index in [1.54, 1.807) is 36.4 Å². The maximum Gasteiger partial charge on any atom is 0.143 e. The van der Waals surface area contributed by atoms with Gasteiger partial charge < -0.3 is 9.84 Å². The number of aryl methyl sites for hydroxylation is 1. The van der Waals surface area contributed by atoms with Crippen LogP contribution in [0.5, 0.6) is 5.75 Å². The number of methoxy groups -OCH3 is 1. The standard InChI is InChI=1S/C12H15N3O2/c1-3-15-8-9(6-14-15)12(16)10-4-5-13-7-11(10)17-2/h4-8,12,16H,3H2,1-2H3. The molecule has 1 atom stereocenters. The molecule has 17 heavy (non-hydrogen) atoms. The lowest BCUT2D eigenvalue weighted by Gasteiger charge is -2.12. The van der Waals surface area contributed by atoms with E-state index < -0.39 is 6.10 Å². The first-order valence-electron chi connectivity index (χ1n) is 5.44. The minimum atomic E-state index is -0.742. The minimum Gasteiger partial charge on any atom is -0.495 e. The summed E-state index contributed by atoms with van der Waals surface area (Å²) in [5.74, 6) is 0.573. The summed E-state index contributed by atoms with van der Waals surface area (Å²) < 4.78 is 6.94. The summed E-state index contributed by atoms with van der Waals surface area (Å²) in [6, 6.07) is 1.74. The maximum absolute atomic E-state index is 10.3. The molecule has 0 amide bonds. The molecule has 1 N–H and O–H groups in total. The van der Waals surface area contributed by atoms with Crippen molar-refractivity contribution in [2.75, 3.05) is 7.11 Å². The van der Waals surface area contributed by atoms with Crippen LogP contribution in [0, 0.1) is 0 Å². The second-order valence-electron chi connectivity index (χ2n) is 3.65. The van der Waals surface area contributed by atoms with Gasteiger partial charge in [-0.15, -0.1) is 0 Å². The van der Waals surface area contributed by atoms with E-state index in [2.05, 4.69) is 10.1 Å². The van der Waals surface area contributed by atoms with Crippen LogP contribution in [0.2, 0.25) is 0 Å². The third kappa shape index (κ3) is 2.29. The van der Waals surface area contributed by atoms with Gasteiger partial charge >= 0.3 is 0 Å². The van der Waals surface area contributed by atoms with Gasteiger partial charge in [0.25, 0.3) is 0 Å². The summed E-state index contributed by atoms with van der Waals surface area (Å²) in [6.45, 7) is 2.77. The topological polar surface area (TPSA) is 60.2 Å². The van der Waals surface area contributed by atoms with Gasteiger partial charge in [-0.2, -0.15) is 5.10 Å². The molecule has 5 heteroatoms. The molecule has 2 aromatic heterocycles. The monoisotopic (exact) mass is 233 g/mol. The zero-order valence-corrected chi connectivity index (χ0v) is 9.87. The van der Waals surface area contributed by atoms with Crippen LogP contribution in [0.15, 0.2) is 30.9 Å². The van der Waals surface area contributed by atoms with Crippen LogP contribution in [0.4, 0.5) is 0 Å². The Hall–Kier alpha value is -1.88. The van der Waals surface area contributed by atoms with Gasteiger partial charge in [0.1, 0.15) is 11.9 Å². The molecule has 1 unspecified atom stereocenters. The number of hydrogen-bond donors (Lipinski definition) is 1. The molecule has 5 nitrogen and oxygen atoms in total. The van der Waals surface area contributed by atoms with Crippen LogP contribution in [-0.2, 0) is 6.54 Å². The largest absolute Gasteiger partial charge is 0.495 e. The molecule has 0 aliphatic rings. The van der Waals surface area contributed by atoms with Crippen molar-refractivity contribution in [3.05, 3.63) is 42.0 Å². The summed E-state index contributed by atoms with van der Waals surface area (Å²) in [6.07, 6.45) is 5.96. The predicted molar refractivity (Wildman–Crippen MR) is 62.8 cm³/mol. The highest BCUT2D eigenvalue weighted by Crippen LogP contribution is 2.28. The summed E-state index contributed by atoms with van der Waals surface area (Å²) in [5, 5.41) is 14.4. The van der Waals surface area contributed by atoms with E-state index in [4.69, 9.17) is 4.74 Å². The number of aromatic nitrogens is 3. The maximum atomic E-state index is 10.3. The van der Waals surface area contributed by atoms with Crippen molar-refractivity contribution in [2.45, 2.75) is 19.6 Å². The van der Waals surface area contributed by atoms with E-state index in [0.717, 1.165) is 12.1 Å². The lowest BCUT2D eigenvalue weighted by atomic mass is 10.1. The molecule has 90 valence electrons. The Bertz CT molecular complexity index is 496. The van der Waals surface area contributed by atoms with Crippen LogP contribution < -0.4 is 4.74 Å². The van der Waals surface area contributed by atoms with Crippen LogP contribution in [0.3, 0.4) is 0 Å². The Balaban J connectivity index is 2.32. The molecular weight excluding hydrogens is 218 g/mol. The molecule has 0 aliphatic heterocycles. The number of nitrogens with zero attached hydrogens (tertiary/aromatic N) is 3. The van der Waals surface area contributed by atoms with Crippen molar-refractivity contribution in [1.82, 2.24) is 14.8 Å². The van der Waals surface area contributed by atoms with Gasteiger partial charge in [-0.3, -0.25) is 9.67 Å². The number of rotatable bonds is 4. The fraction of sp³-hybridized carbons (Fsp3) is 0.333. The Morgan fingerprint density at radius 3 is 2.94 bits per heavy atom. The van der Waals surface area contributed by atoms with E-state index in [-0.39, 0.29) is 0 Å². The molecule has 0 saturated carbocycles. The van der Waals surface area contributed by atoms with Gasteiger partial charge in [0.05, 0.1) is 19.5 Å². The van der Waals surface area contributed by atoms with Crippen LogP contribution in [0.1, 0.15) is 24.2 Å². The highest BCUT2D eigenvalue weighted by atomic mass is 16.5. The van der Waals surface area contributed by atoms with Gasteiger partial charge in [0, 0.05) is 30.1 Å². The van der Waals surface area contributed by atoms with Crippen molar-refractivity contribution >= 4 is 0 Å². The first-order chi connectivity index (χ1) is 8.26. The SMILES string of the molecule is CCn1cc(C(O)c2ccncc2OC)cn1. The first-order valence-corrected chi connectivity index (χ1v) is 5.44. The van der Waals surface area contributed by atoms with Gasteiger partial charge in [-0.1, -0.05) is 0 Å². The quantitative estimate of drug-likeness (QED) is 0.866. The zero-order chi connectivity index (χ0) is 12.3. The number of aliphatic hydroxyl groups excluding tert-OH is 1. The van der Waals surface area contributed by atoms with Gasteiger partial charge in [0.15, 0.2) is 0 Å². The van der Waals surface area contributed by atoms with Crippen molar-refractivity contribution < 1.29 is 9.84 Å². The third-order valence-electron chi connectivity index (χ3n) is 2.62. The number of aliphatic hydroxyl groups is 1. The second-order valence-corrected chi connectivity index (χ2v) is 3.65. The summed E-state index contributed by atoms with van der Waals surface area (Å²) in [7, 11) is 1.56. The smallest absolute Gasteiger partial charge is 0.143 e. The van der Waals surface area contributed by atoms with E-state index in [0.29, 0.717) is 11.3 Å². The molecule has 2 aromatic rings. The Labute approximate surface area is 99.7 Å². The van der Waals surface area contributed by atoms with Gasteiger partial charge in [-0.25, -0.2) is 0 Å². The van der Waals surface area contributed by atoms with Crippen molar-refractivity contribution in [1.29, 1.82) is 0 Å². The average Bonchev–Trinajstić information content (AvgIpc) is 2.86. The Morgan fingerprint density at radius 1 is 1.47 bits per heavy atom. The average molecular weight is 233 g/mol. The molecule has 0 bridgehead atoms. The molecule has 0 aromatic carbocycles. The highest BCUT2D eigenvalue weighted by molar-refractivity contribution is 5.36. The summed E-state index contributed by atoms with van der Waals surface area (Å²) >= 11 is 0. The first kappa shape index (κ1) is 11.6. The van der Waals surface area contributed by atoms with Crippen LogP contribution in [0.25, 0.3) is 0 Å². The van der Waals surface area contributed by atoms with E-state index >= 15 is 0 Å². The zero-order valence-electron chi connectivity index (χ0n) is 9.87. The molecular formula is C12H15N3O2. The predicted octanol–water partition coefficient (Wildman–Crippen LogP) is 1.39. The second kappa shape index (κ2) is 4.97. The lowest BCUT2D eigenvalue weighted by molar-refractivity contribution is 0.214. The van der Waals surface area contributed by atoms with Crippen LogP contribution >= 0.6 is 0 Å². The van der Waals surface area contributed by atoms with Gasteiger partial charge in [-0.05, 0) is 13.0 Å². The summed E-state index contributed by atoms with van der Waals surface area (Å²) in [4.78, 5) is 3.96. The number of hydrogen-bond acceptors (Lipinski definition) is 4. The van der Waals surface area contributed by atoms with E-state index in [1.165, 1.54) is 0 Å². The minimum absolute atomic E-state index is 0.573. The molecule has 0 saturated heterocycles. The fourth-order valence-corrected chi connectivity index (χ4v) is 1.66. The molecule has 0 fully saturated rings. The fourth-order valence-electron chi connectivity index (χ4n) is 1.66. The Kier molecular flexibility index (Phi) is 3.39. The normalized spacial score (nSPS) is 12.4. The molecule has 2 heterocycles. The summed E-state index contributed by atoms with van der Waals surface area (Å²) in [5.41, 5.74) is 1.44. The van der Waals surface area contributed by atoms with Crippen molar-refractivity contribution in [3.8, 4) is 5.75 Å². The van der Waals surface area contributed by atoms with Gasteiger partial charge in [0.2, 0.25) is 0 Å². The molecule has 0 spiro atoms. The number of pyridine rings is 1. The number of ether oxygens (including phenoxy) is 1. The molecule has 2 rings (SSSR count). The highest BCUT2D eigenvalue weighted by Gasteiger charge is 2.16. The Morgan fingerprint density at radius 2 is 2.29 bits per heavy atom. The molecule has 0 aliphatic carbocycles.